The van der Waals surface area contributed by atoms with Gasteiger partial charge in [0.25, 0.3) is 0 Å². The highest BCUT2D eigenvalue weighted by molar-refractivity contribution is 5.14. The van der Waals surface area contributed by atoms with Gasteiger partial charge in [0.05, 0.1) is 12.1 Å². The van der Waals surface area contributed by atoms with E-state index in [0.717, 1.165) is 25.9 Å². The van der Waals surface area contributed by atoms with Gasteiger partial charge in [-0.3, -0.25) is 4.90 Å². The summed E-state index contributed by atoms with van der Waals surface area (Å²) in [6.45, 7) is 1.26. The summed E-state index contributed by atoms with van der Waals surface area (Å²) in [7, 11) is 0. The molecule has 2 rings (SSSR count). The van der Waals surface area contributed by atoms with Crippen molar-refractivity contribution < 1.29 is 9.50 Å². The summed E-state index contributed by atoms with van der Waals surface area (Å²) in [4.78, 5) is 2.08. The van der Waals surface area contributed by atoms with E-state index in [-0.39, 0.29) is 6.04 Å². The van der Waals surface area contributed by atoms with Crippen LogP contribution >= 0.6 is 0 Å². The molecule has 0 aliphatic carbocycles. The van der Waals surface area contributed by atoms with Crippen LogP contribution in [0, 0.1) is 0 Å². The molecule has 1 aromatic carbocycles. The molecule has 0 bridgehead atoms. The number of likely N-dealkylation sites (tertiary alicyclic amines) is 1. The molecule has 1 aromatic rings. The van der Waals surface area contributed by atoms with Crippen molar-refractivity contribution in [3.05, 3.63) is 35.9 Å². The van der Waals surface area contributed by atoms with Crippen molar-refractivity contribution in [2.45, 2.75) is 31.4 Å². The Morgan fingerprint density at radius 3 is 2.76 bits per heavy atom. The Kier molecular flexibility index (Phi) is 4.51. The largest absolute Gasteiger partial charge is 0.391 e. The Bertz CT molecular complexity index is 330. The van der Waals surface area contributed by atoms with Crippen LogP contribution in [0.15, 0.2) is 30.3 Å². The van der Waals surface area contributed by atoms with Crippen LogP contribution in [0.3, 0.4) is 0 Å². The molecule has 0 amide bonds. The molecule has 2 atom stereocenters. The maximum absolute atomic E-state index is 12.7. The predicted octanol–water partition coefficient (Wildman–Crippen LogP) is 2.02. The Morgan fingerprint density at radius 2 is 2.06 bits per heavy atom. The minimum atomic E-state index is -0.475. The number of benzene rings is 1. The molecule has 17 heavy (non-hydrogen) atoms. The summed E-state index contributed by atoms with van der Waals surface area (Å²) in [5.74, 6) is 0. The number of halogens is 1. The predicted molar refractivity (Wildman–Crippen MR) is 66.7 cm³/mol. The number of rotatable bonds is 5. The first-order valence-electron chi connectivity index (χ1n) is 6.33. The number of hydrogen-bond acceptors (Lipinski definition) is 2. The van der Waals surface area contributed by atoms with Crippen LogP contribution in [-0.2, 0) is 6.42 Å². The molecule has 1 heterocycles. The lowest BCUT2D eigenvalue weighted by molar-refractivity contribution is 0.0971. The third-order valence-electron chi connectivity index (χ3n) is 3.54. The number of hydrogen-bond donors (Lipinski definition) is 1. The number of alkyl halides is 1. The van der Waals surface area contributed by atoms with E-state index in [1.165, 1.54) is 5.56 Å². The minimum absolute atomic E-state index is 0.272. The van der Waals surface area contributed by atoms with Crippen molar-refractivity contribution in [2.75, 3.05) is 19.8 Å². The quantitative estimate of drug-likeness (QED) is 0.847. The second-order valence-corrected chi connectivity index (χ2v) is 4.70. The van der Waals surface area contributed by atoms with Gasteiger partial charge in [-0.15, -0.1) is 0 Å². The molecule has 1 aliphatic heterocycles. The molecule has 1 fully saturated rings. The highest BCUT2D eigenvalue weighted by atomic mass is 19.1. The maximum atomic E-state index is 12.7. The molecule has 1 saturated heterocycles. The van der Waals surface area contributed by atoms with Crippen molar-refractivity contribution in [3.8, 4) is 0 Å². The summed E-state index contributed by atoms with van der Waals surface area (Å²) in [6, 6.07) is 10.1. The molecule has 94 valence electrons. The number of aliphatic hydroxyl groups excluding tert-OH is 1. The molecule has 1 N–H and O–H groups in total. The minimum Gasteiger partial charge on any atom is -0.391 e. The van der Waals surface area contributed by atoms with E-state index in [0.29, 0.717) is 6.42 Å². The SMILES string of the molecule is OC1CCN(CCCc2ccccc2)C1CF. The Morgan fingerprint density at radius 1 is 1.29 bits per heavy atom. The van der Waals surface area contributed by atoms with Crippen molar-refractivity contribution >= 4 is 0 Å². The Balaban J connectivity index is 1.75. The smallest absolute Gasteiger partial charge is 0.107 e. The molecule has 2 nitrogen and oxygen atoms in total. The summed E-state index contributed by atoms with van der Waals surface area (Å²) in [5, 5.41) is 9.59. The molecule has 0 saturated carbocycles. The monoisotopic (exact) mass is 237 g/mol. The lowest BCUT2D eigenvalue weighted by Gasteiger charge is -2.23. The lowest BCUT2D eigenvalue weighted by Crippen LogP contribution is -2.37. The van der Waals surface area contributed by atoms with Gasteiger partial charge in [-0.1, -0.05) is 30.3 Å². The van der Waals surface area contributed by atoms with Crippen molar-refractivity contribution in [1.82, 2.24) is 4.90 Å². The Labute approximate surface area is 102 Å². The summed E-state index contributed by atoms with van der Waals surface area (Å²) >= 11 is 0. The fraction of sp³-hybridized carbons (Fsp3) is 0.571. The fourth-order valence-electron chi connectivity index (χ4n) is 2.51. The van der Waals surface area contributed by atoms with Gasteiger partial charge < -0.3 is 5.11 Å². The fourth-order valence-corrected chi connectivity index (χ4v) is 2.51. The van der Waals surface area contributed by atoms with Gasteiger partial charge >= 0.3 is 0 Å². The molecule has 2 unspecified atom stereocenters. The van der Waals surface area contributed by atoms with Crippen molar-refractivity contribution in [2.24, 2.45) is 0 Å². The third kappa shape index (κ3) is 3.27. The normalized spacial score (nSPS) is 25.3. The van der Waals surface area contributed by atoms with Crippen molar-refractivity contribution in [3.63, 3.8) is 0 Å². The van der Waals surface area contributed by atoms with E-state index in [2.05, 4.69) is 17.0 Å². The van der Waals surface area contributed by atoms with Gasteiger partial charge in [0.1, 0.15) is 6.67 Å². The second-order valence-electron chi connectivity index (χ2n) is 4.70. The van der Waals surface area contributed by atoms with Crippen LogP contribution in [0.25, 0.3) is 0 Å². The van der Waals surface area contributed by atoms with Crippen molar-refractivity contribution in [1.29, 1.82) is 0 Å². The zero-order valence-corrected chi connectivity index (χ0v) is 10.1. The third-order valence-corrected chi connectivity index (χ3v) is 3.54. The first-order chi connectivity index (χ1) is 8.31. The summed E-state index contributed by atoms with van der Waals surface area (Å²) in [5.41, 5.74) is 1.32. The van der Waals surface area contributed by atoms with Gasteiger partial charge in [0, 0.05) is 6.54 Å². The standard InChI is InChI=1S/C14H20FNO/c15-11-13-14(17)8-10-16(13)9-4-7-12-5-2-1-3-6-12/h1-3,5-6,13-14,17H,4,7-11H2. The van der Waals surface area contributed by atoms with E-state index >= 15 is 0 Å². The first kappa shape index (κ1) is 12.5. The van der Waals surface area contributed by atoms with E-state index in [1.807, 2.05) is 18.2 Å². The van der Waals surface area contributed by atoms with Crippen LogP contribution in [-0.4, -0.2) is 41.9 Å². The zero-order valence-electron chi connectivity index (χ0n) is 10.1. The molecule has 0 spiro atoms. The van der Waals surface area contributed by atoms with E-state index in [1.54, 1.807) is 0 Å². The first-order valence-corrected chi connectivity index (χ1v) is 6.33. The van der Waals surface area contributed by atoms with Gasteiger partial charge in [-0.25, -0.2) is 4.39 Å². The van der Waals surface area contributed by atoms with E-state index in [4.69, 9.17) is 0 Å². The zero-order chi connectivity index (χ0) is 12.1. The number of aryl methyl sites for hydroxylation is 1. The molecule has 0 radical (unpaired) electrons. The maximum Gasteiger partial charge on any atom is 0.107 e. The van der Waals surface area contributed by atoms with Crippen LogP contribution in [0.2, 0.25) is 0 Å². The van der Waals surface area contributed by atoms with Gasteiger partial charge in [-0.05, 0) is 31.4 Å². The van der Waals surface area contributed by atoms with Crippen LogP contribution < -0.4 is 0 Å². The van der Waals surface area contributed by atoms with E-state index < -0.39 is 12.8 Å². The van der Waals surface area contributed by atoms with Crippen LogP contribution in [0.5, 0.6) is 0 Å². The van der Waals surface area contributed by atoms with E-state index in [9.17, 15) is 9.50 Å². The van der Waals surface area contributed by atoms with Crippen LogP contribution in [0.4, 0.5) is 4.39 Å². The topological polar surface area (TPSA) is 23.5 Å². The average Bonchev–Trinajstić information content (AvgIpc) is 2.71. The summed E-state index contributed by atoms with van der Waals surface area (Å²) < 4.78 is 12.7. The highest BCUT2D eigenvalue weighted by Gasteiger charge is 2.31. The molecule has 3 heteroatoms. The molecular weight excluding hydrogens is 217 g/mol. The number of nitrogens with zero attached hydrogens (tertiary/aromatic N) is 1. The van der Waals surface area contributed by atoms with Gasteiger partial charge in [0.15, 0.2) is 0 Å². The van der Waals surface area contributed by atoms with Gasteiger partial charge in [-0.2, -0.15) is 0 Å². The molecule has 1 aliphatic rings. The lowest BCUT2D eigenvalue weighted by atomic mass is 10.1. The second kappa shape index (κ2) is 6.12. The summed E-state index contributed by atoms with van der Waals surface area (Å²) in [6.07, 6.45) is 2.27. The van der Waals surface area contributed by atoms with Crippen LogP contribution in [0.1, 0.15) is 18.4 Å². The Hall–Kier alpha value is -0.930. The average molecular weight is 237 g/mol. The number of aliphatic hydroxyl groups is 1. The van der Waals surface area contributed by atoms with Gasteiger partial charge in [0.2, 0.25) is 0 Å². The molecule has 0 aromatic heterocycles. The highest BCUT2D eigenvalue weighted by Crippen LogP contribution is 2.19. The molecular formula is C14H20FNO.